The van der Waals surface area contributed by atoms with Gasteiger partial charge in [0, 0.05) is 24.9 Å². The molecule has 0 aliphatic heterocycles. The molecular weight excluding hydrogens is 420 g/mol. The largest absolute Gasteiger partial charge is 0.481 e. The van der Waals surface area contributed by atoms with Crippen LogP contribution in [0.5, 0.6) is 0 Å². The lowest BCUT2D eigenvalue weighted by atomic mass is 9.78. The van der Waals surface area contributed by atoms with Crippen LogP contribution >= 0.6 is 0 Å². The molecule has 0 aromatic carbocycles. The van der Waals surface area contributed by atoms with Crippen molar-refractivity contribution in [1.82, 2.24) is 10.6 Å². The van der Waals surface area contributed by atoms with E-state index in [1.807, 2.05) is 0 Å². The molecule has 2 rings (SSSR count). The lowest BCUT2D eigenvalue weighted by molar-refractivity contribution is -0.140. The SMILES string of the molecule is CC(C)(C)OC(=O)NC1CC(CC(=O)O)C1.CC(C)(C)OC(=O)NC1CC(CC(=O)O)C1. The highest BCUT2D eigenvalue weighted by Crippen LogP contribution is 2.31. The number of aliphatic carboxylic acids is 2. The molecule has 0 aromatic rings. The number of hydrogen-bond acceptors (Lipinski definition) is 6. The second kappa shape index (κ2) is 11.4. The minimum atomic E-state index is -0.777. The molecule has 0 bridgehead atoms. The van der Waals surface area contributed by atoms with Crippen LogP contribution in [0.15, 0.2) is 0 Å². The number of hydrogen-bond donors (Lipinski definition) is 4. The summed E-state index contributed by atoms with van der Waals surface area (Å²) in [4.78, 5) is 43.5. The van der Waals surface area contributed by atoms with Crippen LogP contribution in [0, 0.1) is 11.8 Å². The van der Waals surface area contributed by atoms with Crippen LogP contribution in [-0.2, 0) is 19.1 Å². The van der Waals surface area contributed by atoms with Crippen molar-refractivity contribution in [2.45, 2.75) is 103 Å². The summed E-state index contributed by atoms with van der Waals surface area (Å²) >= 11 is 0. The first-order valence-corrected chi connectivity index (χ1v) is 10.9. The van der Waals surface area contributed by atoms with Crippen LogP contribution in [0.1, 0.15) is 80.1 Å². The number of carboxylic acids is 2. The van der Waals surface area contributed by atoms with Crippen molar-refractivity contribution >= 4 is 24.1 Å². The highest BCUT2D eigenvalue weighted by Gasteiger charge is 2.33. The molecule has 0 aromatic heterocycles. The van der Waals surface area contributed by atoms with Gasteiger partial charge < -0.3 is 30.3 Å². The number of carbonyl (C=O) groups is 4. The Balaban J connectivity index is 0.000000320. The van der Waals surface area contributed by atoms with Crippen LogP contribution in [0.25, 0.3) is 0 Å². The van der Waals surface area contributed by atoms with E-state index in [2.05, 4.69) is 10.6 Å². The third kappa shape index (κ3) is 12.4. The fourth-order valence-corrected chi connectivity index (χ4v) is 3.48. The lowest BCUT2D eigenvalue weighted by Gasteiger charge is -2.35. The number of amides is 2. The van der Waals surface area contributed by atoms with E-state index in [4.69, 9.17) is 19.7 Å². The first-order valence-electron chi connectivity index (χ1n) is 10.9. The Morgan fingerprint density at radius 3 is 1.19 bits per heavy atom. The predicted octanol–water partition coefficient (Wildman–Crippen LogP) is 3.53. The molecule has 4 N–H and O–H groups in total. The Kier molecular flexibility index (Phi) is 9.78. The van der Waals surface area contributed by atoms with E-state index in [9.17, 15) is 19.2 Å². The van der Waals surface area contributed by atoms with Crippen LogP contribution in [0.4, 0.5) is 9.59 Å². The molecule has 2 fully saturated rings. The van der Waals surface area contributed by atoms with Crippen LogP contribution < -0.4 is 10.6 Å². The van der Waals surface area contributed by atoms with Gasteiger partial charge in [-0.25, -0.2) is 9.59 Å². The summed E-state index contributed by atoms with van der Waals surface area (Å²) in [7, 11) is 0. The maximum absolute atomic E-state index is 11.3. The van der Waals surface area contributed by atoms with Gasteiger partial charge >= 0.3 is 24.1 Å². The molecule has 2 aliphatic carbocycles. The molecule has 10 heteroatoms. The minimum Gasteiger partial charge on any atom is -0.481 e. The highest BCUT2D eigenvalue weighted by atomic mass is 16.6. The van der Waals surface area contributed by atoms with E-state index in [0.717, 1.165) is 25.7 Å². The number of nitrogens with one attached hydrogen (secondary N) is 2. The van der Waals surface area contributed by atoms with E-state index in [-0.39, 0.29) is 36.8 Å². The summed E-state index contributed by atoms with van der Waals surface area (Å²) in [5.74, 6) is -1.17. The van der Waals surface area contributed by atoms with Gasteiger partial charge in [0.2, 0.25) is 0 Å². The monoisotopic (exact) mass is 458 g/mol. The zero-order chi connectivity index (χ0) is 24.7. The number of carboxylic acid groups (broad SMARTS) is 2. The summed E-state index contributed by atoms with van der Waals surface area (Å²) in [5.41, 5.74) is -0.984. The van der Waals surface area contributed by atoms with E-state index < -0.39 is 35.3 Å². The summed E-state index contributed by atoms with van der Waals surface area (Å²) in [6.07, 6.45) is 2.44. The van der Waals surface area contributed by atoms with Gasteiger partial charge in [0.05, 0.1) is 0 Å². The third-order valence-corrected chi connectivity index (χ3v) is 4.84. The summed E-state index contributed by atoms with van der Waals surface area (Å²) < 4.78 is 10.2. The molecule has 10 nitrogen and oxygen atoms in total. The molecule has 0 unspecified atom stereocenters. The van der Waals surface area contributed by atoms with Gasteiger partial charge in [-0.15, -0.1) is 0 Å². The van der Waals surface area contributed by atoms with Gasteiger partial charge in [-0.2, -0.15) is 0 Å². The zero-order valence-electron chi connectivity index (χ0n) is 19.9. The molecule has 0 radical (unpaired) electrons. The Hall–Kier alpha value is -2.52. The van der Waals surface area contributed by atoms with Gasteiger partial charge in [-0.1, -0.05) is 0 Å². The highest BCUT2D eigenvalue weighted by molar-refractivity contribution is 5.69. The number of carbonyl (C=O) groups excluding carboxylic acids is 2. The number of alkyl carbamates (subject to hydrolysis) is 2. The fraction of sp³-hybridized carbons (Fsp3) is 0.818. The van der Waals surface area contributed by atoms with Gasteiger partial charge in [0.15, 0.2) is 0 Å². The summed E-state index contributed by atoms with van der Waals surface area (Å²) in [6, 6.07) is 0.137. The van der Waals surface area contributed by atoms with Crippen LogP contribution in [-0.4, -0.2) is 57.6 Å². The summed E-state index contributed by atoms with van der Waals surface area (Å²) in [6.45, 7) is 10.8. The Bertz CT molecular complexity index is 610. The number of ether oxygens (including phenoxy) is 2. The van der Waals surface area contributed by atoms with Crippen LogP contribution in [0.3, 0.4) is 0 Å². The first kappa shape index (κ1) is 27.5. The minimum absolute atomic E-state index is 0.0687. The van der Waals surface area contributed by atoms with Gasteiger partial charge in [-0.3, -0.25) is 9.59 Å². The molecule has 2 amide bonds. The second-order valence-electron chi connectivity index (χ2n) is 10.6. The molecule has 2 aliphatic rings. The Labute approximate surface area is 189 Å². The van der Waals surface area contributed by atoms with Crippen molar-refractivity contribution in [2.75, 3.05) is 0 Å². The smallest absolute Gasteiger partial charge is 0.407 e. The van der Waals surface area contributed by atoms with E-state index >= 15 is 0 Å². The molecule has 0 atom stereocenters. The topological polar surface area (TPSA) is 151 Å². The molecule has 0 heterocycles. The van der Waals surface area contributed by atoms with Crippen molar-refractivity contribution in [3.8, 4) is 0 Å². The van der Waals surface area contributed by atoms with Crippen molar-refractivity contribution in [3.05, 3.63) is 0 Å². The van der Waals surface area contributed by atoms with Crippen molar-refractivity contribution in [1.29, 1.82) is 0 Å². The van der Waals surface area contributed by atoms with Gasteiger partial charge in [0.25, 0.3) is 0 Å². The quantitative estimate of drug-likeness (QED) is 0.472. The normalized spacial score (nSPS) is 24.4. The van der Waals surface area contributed by atoms with Gasteiger partial charge in [0.1, 0.15) is 11.2 Å². The number of rotatable bonds is 6. The second-order valence-corrected chi connectivity index (χ2v) is 10.6. The van der Waals surface area contributed by atoms with Gasteiger partial charge in [-0.05, 0) is 79.1 Å². The molecule has 184 valence electrons. The average Bonchev–Trinajstić information content (AvgIpc) is 2.46. The maximum atomic E-state index is 11.3. The lowest BCUT2D eigenvalue weighted by Crippen LogP contribution is -2.46. The van der Waals surface area contributed by atoms with Crippen LogP contribution in [0.2, 0.25) is 0 Å². The summed E-state index contributed by atoms with van der Waals surface area (Å²) in [5, 5.41) is 22.6. The standard InChI is InChI=1S/2C11H19NO4/c2*1-11(2,3)16-10(15)12-8-4-7(5-8)6-9(13)14/h2*7-8H,4-6H2,1-3H3,(H,12,15)(H,13,14). The molecule has 2 saturated carbocycles. The maximum Gasteiger partial charge on any atom is 0.407 e. The van der Waals surface area contributed by atoms with Crippen molar-refractivity contribution in [2.24, 2.45) is 11.8 Å². The molecule has 32 heavy (non-hydrogen) atoms. The van der Waals surface area contributed by atoms with E-state index in [1.165, 1.54) is 0 Å². The first-order chi connectivity index (χ1) is 14.5. The van der Waals surface area contributed by atoms with E-state index in [0.29, 0.717) is 0 Å². The fourth-order valence-electron chi connectivity index (χ4n) is 3.48. The van der Waals surface area contributed by atoms with Crippen molar-refractivity contribution in [3.63, 3.8) is 0 Å². The molecular formula is C22H38N2O8. The zero-order valence-corrected chi connectivity index (χ0v) is 19.9. The van der Waals surface area contributed by atoms with E-state index in [1.54, 1.807) is 41.5 Å². The molecule has 0 saturated heterocycles. The Morgan fingerprint density at radius 1 is 0.688 bits per heavy atom. The van der Waals surface area contributed by atoms with Crippen molar-refractivity contribution < 1.29 is 38.9 Å². The Morgan fingerprint density at radius 2 is 0.969 bits per heavy atom. The third-order valence-electron chi connectivity index (χ3n) is 4.84. The predicted molar refractivity (Wildman–Crippen MR) is 116 cm³/mol. The average molecular weight is 459 g/mol. The molecule has 0 spiro atoms.